The minimum absolute atomic E-state index is 0.758. The van der Waals surface area contributed by atoms with E-state index < -0.39 is 0 Å². The third-order valence-corrected chi connectivity index (χ3v) is 2.43. The lowest BCUT2D eigenvalue weighted by Crippen LogP contribution is -2.02. The van der Waals surface area contributed by atoms with E-state index in [1.165, 1.54) is 24.0 Å². The Balaban J connectivity index is 2.15. The average molecular weight is 161 g/mol. The smallest absolute Gasteiger partial charge is 0.00367 e. The van der Waals surface area contributed by atoms with E-state index in [-0.39, 0.29) is 0 Å². The molecule has 1 fully saturated rings. The molecule has 2 rings (SSSR count). The van der Waals surface area contributed by atoms with Crippen LogP contribution in [0, 0.1) is 0 Å². The molecular weight excluding hydrogens is 146 g/mol. The second-order valence-electron chi connectivity index (χ2n) is 3.56. The highest BCUT2D eigenvalue weighted by atomic mass is 14.5. The molecule has 1 heteroatoms. The van der Waals surface area contributed by atoms with Gasteiger partial charge in [0.25, 0.3) is 0 Å². The van der Waals surface area contributed by atoms with Gasteiger partial charge in [-0.05, 0) is 42.9 Å². The second kappa shape index (κ2) is 3.28. The Morgan fingerprint density at radius 1 is 1.33 bits per heavy atom. The van der Waals surface area contributed by atoms with Gasteiger partial charge in [-0.2, -0.15) is 0 Å². The number of nitrogens with two attached hydrogens (primary N) is 1. The SMILES string of the molecule is NCCc1cccc(C2CC2)c1. The summed E-state index contributed by atoms with van der Waals surface area (Å²) in [5, 5.41) is 0. The third-order valence-electron chi connectivity index (χ3n) is 2.43. The molecule has 0 aromatic heterocycles. The fourth-order valence-electron chi connectivity index (χ4n) is 1.59. The second-order valence-corrected chi connectivity index (χ2v) is 3.56. The van der Waals surface area contributed by atoms with Crippen molar-refractivity contribution in [2.75, 3.05) is 6.54 Å². The van der Waals surface area contributed by atoms with Crippen molar-refractivity contribution in [1.29, 1.82) is 0 Å². The monoisotopic (exact) mass is 161 g/mol. The summed E-state index contributed by atoms with van der Waals surface area (Å²) in [7, 11) is 0. The molecule has 0 atom stereocenters. The first kappa shape index (κ1) is 7.81. The van der Waals surface area contributed by atoms with Gasteiger partial charge in [-0.3, -0.25) is 0 Å². The molecule has 1 nitrogen and oxygen atoms in total. The fraction of sp³-hybridized carbons (Fsp3) is 0.455. The van der Waals surface area contributed by atoms with Crippen LogP contribution in [-0.2, 0) is 6.42 Å². The van der Waals surface area contributed by atoms with Crippen LogP contribution in [0.2, 0.25) is 0 Å². The van der Waals surface area contributed by atoms with Crippen LogP contribution in [0.25, 0.3) is 0 Å². The molecule has 0 bridgehead atoms. The molecule has 1 aliphatic carbocycles. The van der Waals surface area contributed by atoms with E-state index in [9.17, 15) is 0 Å². The van der Waals surface area contributed by atoms with Crippen molar-refractivity contribution in [3.05, 3.63) is 35.4 Å². The van der Waals surface area contributed by atoms with Crippen molar-refractivity contribution >= 4 is 0 Å². The van der Waals surface area contributed by atoms with Gasteiger partial charge in [-0.1, -0.05) is 24.3 Å². The maximum Gasteiger partial charge on any atom is -0.00367 e. The fourth-order valence-corrected chi connectivity index (χ4v) is 1.59. The lowest BCUT2D eigenvalue weighted by Gasteiger charge is -2.01. The molecule has 0 spiro atoms. The molecule has 1 saturated carbocycles. The maximum atomic E-state index is 5.50. The van der Waals surface area contributed by atoms with Crippen molar-refractivity contribution in [2.45, 2.75) is 25.2 Å². The summed E-state index contributed by atoms with van der Waals surface area (Å²) in [6, 6.07) is 8.86. The predicted molar refractivity (Wildman–Crippen MR) is 51.2 cm³/mol. The number of hydrogen-bond acceptors (Lipinski definition) is 1. The van der Waals surface area contributed by atoms with Crippen LogP contribution < -0.4 is 5.73 Å². The van der Waals surface area contributed by atoms with Crippen molar-refractivity contribution in [3.8, 4) is 0 Å². The lowest BCUT2D eigenvalue weighted by atomic mass is 10.1. The van der Waals surface area contributed by atoms with Crippen molar-refractivity contribution in [3.63, 3.8) is 0 Å². The highest BCUT2D eigenvalue weighted by molar-refractivity contribution is 5.29. The Labute approximate surface area is 73.6 Å². The molecule has 0 unspecified atom stereocenters. The molecular formula is C11H15N. The summed E-state index contributed by atoms with van der Waals surface area (Å²) in [6.07, 6.45) is 3.78. The Kier molecular flexibility index (Phi) is 2.13. The third kappa shape index (κ3) is 1.67. The van der Waals surface area contributed by atoms with E-state index >= 15 is 0 Å². The molecule has 64 valence electrons. The van der Waals surface area contributed by atoms with Gasteiger partial charge in [0.15, 0.2) is 0 Å². The van der Waals surface area contributed by atoms with Gasteiger partial charge in [-0.15, -0.1) is 0 Å². The van der Waals surface area contributed by atoms with Crippen molar-refractivity contribution < 1.29 is 0 Å². The summed E-state index contributed by atoms with van der Waals surface area (Å²) in [4.78, 5) is 0. The Morgan fingerprint density at radius 2 is 2.17 bits per heavy atom. The number of benzene rings is 1. The summed E-state index contributed by atoms with van der Waals surface area (Å²) < 4.78 is 0. The zero-order chi connectivity index (χ0) is 8.39. The molecule has 0 heterocycles. The Bertz CT molecular complexity index is 263. The molecule has 1 aromatic carbocycles. The van der Waals surface area contributed by atoms with Crippen LogP contribution in [0.5, 0.6) is 0 Å². The van der Waals surface area contributed by atoms with E-state index in [0.29, 0.717) is 0 Å². The molecule has 2 N–H and O–H groups in total. The molecule has 0 aliphatic heterocycles. The van der Waals surface area contributed by atoms with Gasteiger partial charge >= 0.3 is 0 Å². The van der Waals surface area contributed by atoms with Crippen LogP contribution in [0.3, 0.4) is 0 Å². The average Bonchev–Trinajstić information content (AvgIpc) is 2.88. The van der Waals surface area contributed by atoms with E-state index in [1.54, 1.807) is 0 Å². The zero-order valence-electron chi connectivity index (χ0n) is 7.29. The number of rotatable bonds is 3. The predicted octanol–water partition coefficient (Wildman–Crippen LogP) is 2.07. The normalized spacial score (nSPS) is 16.4. The highest BCUT2D eigenvalue weighted by Crippen LogP contribution is 2.40. The standard InChI is InChI=1S/C11H15N/c12-7-6-9-2-1-3-11(8-9)10-4-5-10/h1-3,8,10H,4-7,12H2. The molecule has 1 aromatic rings. The van der Waals surface area contributed by atoms with Crippen molar-refractivity contribution in [1.82, 2.24) is 0 Å². The lowest BCUT2D eigenvalue weighted by molar-refractivity contribution is 0.961. The van der Waals surface area contributed by atoms with Crippen LogP contribution in [-0.4, -0.2) is 6.54 Å². The maximum absolute atomic E-state index is 5.50. The number of hydrogen-bond donors (Lipinski definition) is 1. The van der Waals surface area contributed by atoms with Crippen LogP contribution in [0.15, 0.2) is 24.3 Å². The topological polar surface area (TPSA) is 26.0 Å². The Hall–Kier alpha value is -0.820. The summed E-state index contributed by atoms with van der Waals surface area (Å²) in [5.74, 6) is 0.864. The molecule has 0 amide bonds. The highest BCUT2D eigenvalue weighted by Gasteiger charge is 2.23. The van der Waals surface area contributed by atoms with Gasteiger partial charge in [-0.25, -0.2) is 0 Å². The van der Waals surface area contributed by atoms with Gasteiger partial charge in [0.1, 0.15) is 0 Å². The first-order valence-corrected chi connectivity index (χ1v) is 4.69. The van der Waals surface area contributed by atoms with E-state index in [1.807, 2.05) is 0 Å². The van der Waals surface area contributed by atoms with Crippen LogP contribution in [0.1, 0.15) is 29.9 Å². The largest absolute Gasteiger partial charge is 0.330 e. The molecule has 1 aliphatic rings. The zero-order valence-corrected chi connectivity index (χ0v) is 7.29. The van der Waals surface area contributed by atoms with Gasteiger partial charge in [0.05, 0.1) is 0 Å². The van der Waals surface area contributed by atoms with Crippen LogP contribution >= 0.6 is 0 Å². The van der Waals surface area contributed by atoms with Crippen molar-refractivity contribution in [2.24, 2.45) is 5.73 Å². The minimum Gasteiger partial charge on any atom is -0.330 e. The molecule has 0 radical (unpaired) electrons. The summed E-state index contributed by atoms with van der Waals surface area (Å²) in [5.41, 5.74) is 8.41. The van der Waals surface area contributed by atoms with E-state index in [4.69, 9.17) is 5.73 Å². The quantitative estimate of drug-likeness (QED) is 0.721. The first-order chi connectivity index (χ1) is 5.90. The van der Waals surface area contributed by atoms with Crippen LogP contribution in [0.4, 0.5) is 0 Å². The van der Waals surface area contributed by atoms with E-state index in [2.05, 4.69) is 24.3 Å². The summed E-state index contributed by atoms with van der Waals surface area (Å²) in [6.45, 7) is 0.758. The van der Waals surface area contributed by atoms with Gasteiger partial charge in [0, 0.05) is 0 Å². The first-order valence-electron chi connectivity index (χ1n) is 4.69. The van der Waals surface area contributed by atoms with Gasteiger partial charge in [0.2, 0.25) is 0 Å². The minimum atomic E-state index is 0.758. The Morgan fingerprint density at radius 3 is 2.83 bits per heavy atom. The van der Waals surface area contributed by atoms with E-state index in [0.717, 1.165) is 18.9 Å². The summed E-state index contributed by atoms with van der Waals surface area (Å²) >= 11 is 0. The molecule has 0 saturated heterocycles. The molecule has 12 heavy (non-hydrogen) atoms. The van der Waals surface area contributed by atoms with Gasteiger partial charge < -0.3 is 5.73 Å².